The van der Waals surface area contributed by atoms with E-state index in [1.807, 2.05) is 0 Å². The fourth-order valence-corrected chi connectivity index (χ4v) is 2.69. The molecule has 112 valence electrons. The average molecular weight is 302 g/mol. The number of nitrogens with zero attached hydrogens (tertiary/aromatic N) is 2. The van der Waals surface area contributed by atoms with Gasteiger partial charge in [-0.25, -0.2) is 9.59 Å². The van der Waals surface area contributed by atoms with Gasteiger partial charge in [0.1, 0.15) is 5.69 Å². The highest BCUT2D eigenvalue weighted by Gasteiger charge is 2.52. The summed E-state index contributed by atoms with van der Waals surface area (Å²) in [6.07, 6.45) is -4.90. The third-order valence-electron chi connectivity index (χ3n) is 3.70. The Morgan fingerprint density at radius 2 is 2.19 bits per heavy atom. The Morgan fingerprint density at radius 3 is 2.76 bits per heavy atom. The molecule has 3 heterocycles. The van der Waals surface area contributed by atoms with Gasteiger partial charge in [0.05, 0.1) is 12.1 Å². The second kappa shape index (κ2) is 4.09. The molecule has 0 aliphatic carbocycles. The van der Waals surface area contributed by atoms with Crippen LogP contribution in [-0.4, -0.2) is 40.1 Å². The molecule has 1 saturated heterocycles. The van der Waals surface area contributed by atoms with Crippen molar-refractivity contribution in [2.75, 3.05) is 13.1 Å². The minimum atomic E-state index is -4.65. The van der Waals surface area contributed by atoms with Crippen molar-refractivity contribution in [2.45, 2.75) is 18.2 Å². The average Bonchev–Trinajstić information content (AvgIpc) is 2.93. The van der Waals surface area contributed by atoms with Crippen LogP contribution in [0.2, 0.25) is 0 Å². The maximum absolute atomic E-state index is 12.7. The summed E-state index contributed by atoms with van der Waals surface area (Å²) in [6.45, 7) is -0.0892. The van der Waals surface area contributed by atoms with Crippen LogP contribution >= 0.6 is 0 Å². The first-order valence-corrected chi connectivity index (χ1v) is 6.02. The van der Waals surface area contributed by atoms with E-state index in [1.165, 1.54) is 0 Å². The first-order valence-electron chi connectivity index (χ1n) is 6.02. The van der Waals surface area contributed by atoms with Crippen molar-refractivity contribution in [3.63, 3.8) is 0 Å². The number of aromatic nitrogens is 1. The zero-order chi connectivity index (χ0) is 15.4. The van der Waals surface area contributed by atoms with Crippen molar-refractivity contribution >= 4 is 12.1 Å². The van der Waals surface area contributed by atoms with Crippen molar-refractivity contribution < 1.29 is 32.6 Å². The van der Waals surface area contributed by atoms with Crippen molar-refractivity contribution in [3.8, 4) is 0 Å². The standard InChI is InChI=1S/C12H9F3N2O4/c13-12(14,15)8-3-7-6(4-16-8)9(18)21-11(7)1-2-17(5-11)10(19)20/h3-4H,1-2,5H2,(H,19,20). The molecule has 9 heteroatoms. The Hall–Kier alpha value is -2.32. The van der Waals surface area contributed by atoms with Gasteiger partial charge in [-0.2, -0.15) is 13.2 Å². The number of esters is 1. The van der Waals surface area contributed by atoms with Crippen LogP contribution in [0.1, 0.15) is 28.0 Å². The first-order chi connectivity index (χ1) is 9.73. The van der Waals surface area contributed by atoms with Crippen LogP contribution in [0, 0.1) is 0 Å². The van der Waals surface area contributed by atoms with Crippen LogP contribution in [0.3, 0.4) is 0 Å². The predicted molar refractivity (Wildman–Crippen MR) is 60.5 cm³/mol. The molecule has 0 saturated carbocycles. The lowest BCUT2D eigenvalue weighted by atomic mass is 9.92. The number of hydrogen-bond donors (Lipinski definition) is 1. The third-order valence-corrected chi connectivity index (χ3v) is 3.70. The molecular formula is C12H9F3N2O4. The number of halogens is 3. The molecule has 1 fully saturated rings. The van der Waals surface area contributed by atoms with E-state index in [-0.39, 0.29) is 30.6 Å². The van der Waals surface area contributed by atoms with Crippen molar-refractivity contribution in [2.24, 2.45) is 0 Å². The second-order valence-corrected chi connectivity index (χ2v) is 4.95. The van der Waals surface area contributed by atoms with Gasteiger partial charge in [-0.05, 0) is 6.07 Å². The Balaban J connectivity index is 2.06. The van der Waals surface area contributed by atoms with E-state index >= 15 is 0 Å². The lowest BCUT2D eigenvalue weighted by Crippen LogP contribution is -2.34. The fourth-order valence-electron chi connectivity index (χ4n) is 2.69. The van der Waals surface area contributed by atoms with Crippen LogP contribution in [0.15, 0.2) is 12.3 Å². The van der Waals surface area contributed by atoms with Crippen molar-refractivity contribution in [1.82, 2.24) is 9.88 Å². The van der Waals surface area contributed by atoms with E-state index in [0.717, 1.165) is 17.2 Å². The quantitative estimate of drug-likeness (QED) is 0.740. The Labute approximate surface area is 116 Å². The van der Waals surface area contributed by atoms with Crippen LogP contribution < -0.4 is 0 Å². The van der Waals surface area contributed by atoms with Gasteiger partial charge in [-0.15, -0.1) is 0 Å². The SMILES string of the molecule is O=C1OC2(CCN(C(=O)O)C2)c2cc(C(F)(F)F)ncc21. The number of likely N-dealkylation sites (tertiary alicyclic amines) is 1. The molecular weight excluding hydrogens is 293 g/mol. The summed E-state index contributed by atoms with van der Waals surface area (Å²) in [5.74, 6) is -0.779. The van der Waals surface area contributed by atoms with Crippen LogP contribution in [-0.2, 0) is 16.5 Å². The molecule has 3 rings (SSSR count). The number of carboxylic acid groups (broad SMARTS) is 1. The summed E-state index contributed by atoms with van der Waals surface area (Å²) in [5.41, 5.74) is -2.46. The number of alkyl halides is 3. The number of ether oxygens (including phenoxy) is 1. The summed E-state index contributed by atoms with van der Waals surface area (Å²) < 4.78 is 43.4. The normalized spacial score (nSPS) is 24.3. The lowest BCUT2D eigenvalue weighted by Gasteiger charge is -2.23. The summed E-state index contributed by atoms with van der Waals surface area (Å²) in [5, 5.41) is 8.95. The Bertz CT molecular complexity index is 646. The van der Waals surface area contributed by atoms with E-state index in [1.54, 1.807) is 0 Å². The molecule has 0 aromatic carbocycles. The zero-order valence-corrected chi connectivity index (χ0v) is 10.5. The molecule has 0 radical (unpaired) electrons. The zero-order valence-electron chi connectivity index (χ0n) is 10.5. The summed E-state index contributed by atoms with van der Waals surface area (Å²) >= 11 is 0. The molecule has 0 bridgehead atoms. The summed E-state index contributed by atoms with van der Waals surface area (Å²) in [7, 11) is 0. The van der Waals surface area contributed by atoms with Crippen LogP contribution in [0.25, 0.3) is 0 Å². The highest BCUT2D eigenvalue weighted by molar-refractivity contribution is 5.94. The van der Waals surface area contributed by atoms with Gasteiger partial charge < -0.3 is 14.7 Å². The number of carbonyl (C=O) groups is 2. The molecule has 1 atom stereocenters. The van der Waals surface area contributed by atoms with Gasteiger partial charge in [0, 0.05) is 24.7 Å². The van der Waals surface area contributed by atoms with Gasteiger partial charge in [-0.1, -0.05) is 0 Å². The molecule has 1 N–H and O–H groups in total. The minimum absolute atomic E-state index is 0.0461. The highest BCUT2D eigenvalue weighted by Crippen LogP contribution is 2.44. The van der Waals surface area contributed by atoms with E-state index in [9.17, 15) is 22.8 Å². The number of amides is 1. The monoisotopic (exact) mass is 302 g/mol. The van der Waals surface area contributed by atoms with Crippen molar-refractivity contribution in [3.05, 3.63) is 29.1 Å². The van der Waals surface area contributed by atoms with Gasteiger partial charge in [0.2, 0.25) is 0 Å². The molecule has 1 aromatic rings. The van der Waals surface area contributed by atoms with E-state index in [0.29, 0.717) is 0 Å². The Morgan fingerprint density at radius 1 is 1.48 bits per heavy atom. The number of rotatable bonds is 0. The number of hydrogen-bond acceptors (Lipinski definition) is 4. The second-order valence-electron chi connectivity index (χ2n) is 4.95. The molecule has 2 aliphatic rings. The highest BCUT2D eigenvalue weighted by atomic mass is 19.4. The largest absolute Gasteiger partial charge is 0.465 e. The first kappa shape index (κ1) is 13.7. The summed E-state index contributed by atoms with van der Waals surface area (Å²) in [6, 6.07) is 0.769. The molecule has 2 aliphatic heterocycles. The smallest absolute Gasteiger partial charge is 0.433 e. The van der Waals surface area contributed by atoms with Gasteiger partial charge in [0.15, 0.2) is 5.60 Å². The van der Waals surface area contributed by atoms with Gasteiger partial charge in [-0.3, -0.25) is 4.98 Å². The maximum Gasteiger partial charge on any atom is 0.433 e. The van der Waals surface area contributed by atoms with Crippen molar-refractivity contribution in [1.29, 1.82) is 0 Å². The molecule has 1 unspecified atom stereocenters. The molecule has 1 spiro atoms. The molecule has 1 amide bonds. The number of carbonyl (C=O) groups excluding carboxylic acids is 1. The van der Waals surface area contributed by atoms with E-state index < -0.39 is 29.5 Å². The van der Waals surface area contributed by atoms with Gasteiger partial charge in [0.25, 0.3) is 0 Å². The van der Waals surface area contributed by atoms with E-state index in [4.69, 9.17) is 9.84 Å². The topological polar surface area (TPSA) is 79.7 Å². The predicted octanol–water partition coefficient (Wildman–Crippen LogP) is 1.85. The van der Waals surface area contributed by atoms with Gasteiger partial charge >= 0.3 is 18.2 Å². The van der Waals surface area contributed by atoms with Crippen LogP contribution in [0.5, 0.6) is 0 Å². The van der Waals surface area contributed by atoms with Crippen LogP contribution in [0.4, 0.5) is 18.0 Å². The Kier molecular flexibility index (Phi) is 2.66. The molecule has 1 aromatic heterocycles. The molecule has 21 heavy (non-hydrogen) atoms. The fraction of sp³-hybridized carbons (Fsp3) is 0.417. The molecule has 6 nitrogen and oxygen atoms in total. The third kappa shape index (κ3) is 1.99. The van der Waals surface area contributed by atoms with E-state index in [2.05, 4.69) is 4.98 Å². The summed E-state index contributed by atoms with van der Waals surface area (Å²) in [4.78, 5) is 26.9. The maximum atomic E-state index is 12.7. The number of pyridine rings is 1. The minimum Gasteiger partial charge on any atom is -0.465 e. The lowest BCUT2D eigenvalue weighted by molar-refractivity contribution is -0.141. The number of fused-ring (bicyclic) bond motifs is 2.